The normalized spacial score (nSPS) is 23.5. The van der Waals surface area contributed by atoms with Gasteiger partial charge >= 0.3 is 0 Å². The molecule has 0 heterocycles. The zero-order chi connectivity index (χ0) is 12.8. The maximum Gasteiger partial charge on any atom is 0.225 e. The highest BCUT2D eigenvalue weighted by atomic mass is 16.2. The number of hydrogen-bond donors (Lipinski definition) is 2. The Morgan fingerprint density at radius 1 is 1.41 bits per heavy atom. The van der Waals surface area contributed by atoms with Crippen LogP contribution in [0.25, 0.3) is 0 Å². The van der Waals surface area contributed by atoms with Crippen molar-refractivity contribution in [1.82, 2.24) is 10.2 Å². The van der Waals surface area contributed by atoms with Gasteiger partial charge in [0.2, 0.25) is 11.8 Å². The molecule has 1 aliphatic carbocycles. The number of carbonyl (C=O) groups is 2. The molecule has 0 aliphatic heterocycles. The maximum absolute atomic E-state index is 12.2. The molecule has 1 aliphatic rings. The smallest absolute Gasteiger partial charge is 0.225 e. The zero-order valence-electron chi connectivity index (χ0n) is 10.7. The fraction of sp³-hybridized carbons (Fsp3) is 0.833. The van der Waals surface area contributed by atoms with Crippen LogP contribution < -0.4 is 11.1 Å². The second-order valence-corrected chi connectivity index (χ2v) is 4.72. The molecule has 0 bridgehead atoms. The van der Waals surface area contributed by atoms with E-state index in [0.29, 0.717) is 25.4 Å². The summed E-state index contributed by atoms with van der Waals surface area (Å²) in [6, 6.07) is 0. The van der Waals surface area contributed by atoms with Crippen molar-refractivity contribution >= 4 is 11.8 Å². The lowest BCUT2D eigenvalue weighted by atomic mass is 9.95. The van der Waals surface area contributed by atoms with Gasteiger partial charge in [-0.2, -0.15) is 0 Å². The van der Waals surface area contributed by atoms with Gasteiger partial charge < -0.3 is 16.0 Å². The van der Waals surface area contributed by atoms with Crippen LogP contribution in [0.15, 0.2) is 0 Å². The Kier molecular flexibility index (Phi) is 5.41. The van der Waals surface area contributed by atoms with E-state index in [1.54, 1.807) is 19.0 Å². The molecule has 3 N–H and O–H groups in total. The third kappa shape index (κ3) is 3.70. The fourth-order valence-corrected chi connectivity index (χ4v) is 2.43. The molecule has 17 heavy (non-hydrogen) atoms. The number of nitrogens with zero attached hydrogens (tertiary/aromatic N) is 1. The molecular formula is C12H23N3O2. The minimum Gasteiger partial charge on any atom is -0.359 e. The van der Waals surface area contributed by atoms with E-state index in [4.69, 9.17) is 5.73 Å². The Morgan fingerprint density at radius 2 is 2.12 bits per heavy atom. The molecular weight excluding hydrogens is 218 g/mol. The number of hydrogen-bond acceptors (Lipinski definition) is 3. The van der Waals surface area contributed by atoms with Crippen LogP contribution in [0.5, 0.6) is 0 Å². The Balaban J connectivity index is 2.43. The van der Waals surface area contributed by atoms with Gasteiger partial charge in [-0.1, -0.05) is 6.42 Å². The molecule has 0 spiro atoms. The van der Waals surface area contributed by atoms with Gasteiger partial charge in [0.05, 0.1) is 0 Å². The van der Waals surface area contributed by atoms with E-state index in [2.05, 4.69) is 5.32 Å². The lowest BCUT2D eigenvalue weighted by molar-refractivity contribution is -0.135. The summed E-state index contributed by atoms with van der Waals surface area (Å²) in [5, 5.41) is 2.55. The summed E-state index contributed by atoms with van der Waals surface area (Å²) in [7, 11) is 3.36. The molecule has 1 saturated carbocycles. The first-order valence-corrected chi connectivity index (χ1v) is 6.25. The van der Waals surface area contributed by atoms with E-state index in [9.17, 15) is 9.59 Å². The number of rotatable bonds is 5. The summed E-state index contributed by atoms with van der Waals surface area (Å²) in [5.74, 6) is 0.493. The lowest BCUT2D eigenvalue weighted by Gasteiger charge is -2.24. The van der Waals surface area contributed by atoms with Crippen molar-refractivity contribution in [2.45, 2.75) is 25.7 Å². The van der Waals surface area contributed by atoms with Crippen LogP contribution in [0.3, 0.4) is 0 Å². The van der Waals surface area contributed by atoms with Crippen molar-refractivity contribution in [3.63, 3.8) is 0 Å². The molecule has 0 radical (unpaired) electrons. The van der Waals surface area contributed by atoms with Crippen LogP contribution in [0.4, 0.5) is 0 Å². The van der Waals surface area contributed by atoms with Gasteiger partial charge in [-0.05, 0) is 25.3 Å². The van der Waals surface area contributed by atoms with E-state index in [1.807, 2.05) is 0 Å². The maximum atomic E-state index is 12.2. The quantitative estimate of drug-likeness (QED) is 0.709. The summed E-state index contributed by atoms with van der Waals surface area (Å²) < 4.78 is 0. The number of carbonyl (C=O) groups excluding carboxylic acids is 2. The van der Waals surface area contributed by atoms with Crippen LogP contribution in [-0.4, -0.2) is 43.9 Å². The SMILES string of the molecule is CNC(=O)CCN(C)C(=O)C1CCCC1CN. The summed E-state index contributed by atoms with van der Waals surface area (Å²) in [6.45, 7) is 1.06. The first kappa shape index (κ1) is 14.0. The molecule has 1 fully saturated rings. The van der Waals surface area contributed by atoms with Crippen LogP contribution in [-0.2, 0) is 9.59 Å². The average Bonchev–Trinajstić information content (AvgIpc) is 2.82. The number of nitrogens with one attached hydrogen (secondary N) is 1. The fourth-order valence-electron chi connectivity index (χ4n) is 2.43. The first-order valence-electron chi connectivity index (χ1n) is 6.25. The van der Waals surface area contributed by atoms with Crippen LogP contribution >= 0.6 is 0 Å². The largest absolute Gasteiger partial charge is 0.359 e. The molecule has 2 atom stereocenters. The van der Waals surface area contributed by atoms with Crippen molar-refractivity contribution in [2.24, 2.45) is 17.6 Å². The highest BCUT2D eigenvalue weighted by Crippen LogP contribution is 2.32. The van der Waals surface area contributed by atoms with Gasteiger partial charge in [0.25, 0.3) is 0 Å². The van der Waals surface area contributed by atoms with Crippen molar-refractivity contribution in [2.75, 3.05) is 27.2 Å². The van der Waals surface area contributed by atoms with Crippen LogP contribution in [0.2, 0.25) is 0 Å². The number of nitrogens with two attached hydrogens (primary N) is 1. The minimum absolute atomic E-state index is 0.0357. The molecule has 0 aromatic heterocycles. The van der Waals surface area contributed by atoms with Crippen molar-refractivity contribution < 1.29 is 9.59 Å². The van der Waals surface area contributed by atoms with E-state index in [1.165, 1.54) is 0 Å². The molecule has 0 aromatic rings. The van der Waals surface area contributed by atoms with Crippen molar-refractivity contribution in [1.29, 1.82) is 0 Å². The molecule has 0 saturated heterocycles. The van der Waals surface area contributed by atoms with Crippen LogP contribution in [0, 0.1) is 11.8 Å². The summed E-state index contributed by atoms with van der Waals surface area (Å²) >= 11 is 0. The standard InChI is InChI=1S/C12H23N3O2/c1-14-11(16)6-7-15(2)12(17)10-5-3-4-9(10)8-13/h9-10H,3-8,13H2,1-2H3,(H,14,16). The van der Waals surface area contributed by atoms with E-state index in [-0.39, 0.29) is 17.7 Å². The minimum atomic E-state index is -0.0357. The van der Waals surface area contributed by atoms with E-state index >= 15 is 0 Å². The molecule has 1 rings (SSSR count). The predicted molar refractivity (Wildman–Crippen MR) is 66.2 cm³/mol. The Bertz CT molecular complexity index is 281. The van der Waals surface area contributed by atoms with E-state index in [0.717, 1.165) is 19.3 Å². The summed E-state index contributed by atoms with van der Waals surface area (Å²) in [6.07, 6.45) is 3.43. The third-order valence-corrected chi connectivity index (χ3v) is 3.61. The van der Waals surface area contributed by atoms with Crippen molar-refractivity contribution in [3.8, 4) is 0 Å². The topological polar surface area (TPSA) is 75.4 Å². The zero-order valence-corrected chi connectivity index (χ0v) is 10.7. The second-order valence-electron chi connectivity index (χ2n) is 4.72. The molecule has 2 unspecified atom stereocenters. The first-order chi connectivity index (χ1) is 8.10. The highest BCUT2D eigenvalue weighted by molar-refractivity contribution is 5.80. The van der Waals surface area contributed by atoms with Crippen LogP contribution in [0.1, 0.15) is 25.7 Å². The van der Waals surface area contributed by atoms with Gasteiger partial charge in [0, 0.05) is 33.0 Å². The van der Waals surface area contributed by atoms with Gasteiger partial charge in [-0.3, -0.25) is 9.59 Å². The van der Waals surface area contributed by atoms with Gasteiger partial charge in [0.1, 0.15) is 0 Å². The third-order valence-electron chi connectivity index (χ3n) is 3.61. The Labute approximate surface area is 103 Å². The summed E-state index contributed by atoms with van der Waals surface area (Å²) in [4.78, 5) is 24.9. The van der Waals surface area contributed by atoms with Gasteiger partial charge in [-0.25, -0.2) is 0 Å². The van der Waals surface area contributed by atoms with Crippen molar-refractivity contribution in [3.05, 3.63) is 0 Å². The summed E-state index contributed by atoms with van der Waals surface area (Å²) in [5.41, 5.74) is 5.67. The monoisotopic (exact) mass is 241 g/mol. The molecule has 98 valence electrons. The molecule has 5 heteroatoms. The highest BCUT2D eigenvalue weighted by Gasteiger charge is 2.33. The average molecular weight is 241 g/mol. The number of amides is 2. The molecule has 2 amide bonds. The second kappa shape index (κ2) is 6.59. The molecule has 5 nitrogen and oxygen atoms in total. The van der Waals surface area contributed by atoms with E-state index < -0.39 is 0 Å². The Morgan fingerprint density at radius 3 is 2.71 bits per heavy atom. The lowest BCUT2D eigenvalue weighted by Crippen LogP contribution is -2.38. The van der Waals surface area contributed by atoms with Gasteiger partial charge in [0.15, 0.2) is 0 Å². The van der Waals surface area contributed by atoms with Gasteiger partial charge in [-0.15, -0.1) is 0 Å². The molecule has 0 aromatic carbocycles. The predicted octanol–water partition coefficient (Wildman–Crippen LogP) is -0.0441. The Hall–Kier alpha value is -1.10.